The number of likely N-dealkylation sites (tertiary alicyclic amines) is 1. The Morgan fingerprint density at radius 3 is 2.91 bits per heavy atom. The van der Waals surface area contributed by atoms with Gasteiger partial charge in [0.05, 0.1) is 0 Å². The number of amides is 1. The highest BCUT2D eigenvalue weighted by molar-refractivity contribution is 5.88. The van der Waals surface area contributed by atoms with E-state index in [1.165, 1.54) is 6.42 Å². The van der Waals surface area contributed by atoms with Crippen molar-refractivity contribution in [2.24, 2.45) is 5.92 Å². The molecule has 2 aliphatic heterocycles. The SMILES string of the molecule is CC1CCCN(C(=O)/C=C/C=C/c2ccc3c(c2)OCO3)C1C. The third kappa shape index (κ3) is 3.58. The van der Waals surface area contributed by atoms with Gasteiger partial charge in [-0.15, -0.1) is 0 Å². The summed E-state index contributed by atoms with van der Waals surface area (Å²) in [6.45, 7) is 5.50. The lowest BCUT2D eigenvalue weighted by Crippen LogP contribution is -2.45. The molecule has 2 unspecified atom stereocenters. The number of piperidine rings is 1. The van der Waals surface area contributed by atoms with Gasteiger partial charge in [0.2, 0.25) is 12.7 Å². The van der Waals surface area contributed by atoms with Crippen LogP contribution in [0.1, 0.15) is 32.3 Å². The van der Waals surface area contributed by atoms with Crippen molar-refractivity contribution in [1.29, 1.82) is 0 Å². The molecule has 3 rings (SSSR count). The zero-order valence-electron chi connectivity index (χ0n) is 13.7. The first-order valence-corrected chi connectivity index (χ1v) is 8.20. The number of carbonyl (C=O) groups is 1. The van der Waals surface area contributed by atoms with Gasteiger partial charge in [0.25, 0.3) is 0 Å². The largest absolute Gasteiger partial charge is 0.454 e. The Morgan fingerprint density at radius 2 is 2.04 bits per heavy atom. The Hall–Kier alpha value is -2.23. The van der Waals surface area contributed by atoms with Gasteiger partial charge in [0, 0.05) is 18.7 Å². The number of hydrogen-bond acceptors (Lipinski definition) is 3. The van der Waals surface area contributed by atoms with Gasteiger partial charge < -0.3 is 14.4 Å². The van der Waals surface area contributed by atoms with E-state index in [0.29, 0.717) is 12.0 Å². The molecule has 2 heterocycles. The lowest BCUT2D eigenvalue weighted by atomic mass is 9.92. The van der Waals surface area contributed by atoms with Crippen LogP contribution in [0.2, 0.25) is 0 Å². The molecule has 0 bridgehead atoms. The Morgan fingerprint density at radius 1 is 1.22 bits per heavy atom. The molecule has 1 fully saturated rings. The molecule has 4 heteroatoms. The minimum Gasteiger partial charge on any atom is -0.454 e. The van der Waals surface area contributed by atoms with Crippen LogP contribution < -0.4 is 9.47 Å². The molecule has 1 amide bonds. The summed E-state index contributed by atoms with van der Waals surface area (Å²) in [5.41, 5.74) is 1.02. The second-order valence-electron chi connectivity index (χ2n) is 6.22. The van der Waals surface area contributed by atoms with Crippen molar-refractivity contribution in [1.82, 2.24) is 4.90 Å². The van der Waals surface area contributed by atoms with Gasteiger partial charge in [-0.1, -0.05) is 31.2 Å². The standard InChI is InChI=1S/C19H23NO3/c1-14-6-5-11-20(15(14)2)19(21)8-4-3-7-16-9-10-17-18(12-16)23-13-22-17/h3-4,7-10,12,14-15H,5-6,11,13H2,1-2H3/b7-3+,8-4+. The van der Waals surface area contributed by atoms with Gasteiger partial charge in [-0.25, -0.2) is 0 Å². The molecule has 1 saturated heterocycles. The second kappa shape index (κ2) is 6.90. The van der Waals surface area contributed by atoms with E-state index in [0.717, 1.165) is 30.0 Å². The van der Waals surface area contributed by atoms with E-state index in [1.807, 2.05) is 35.3 Å². The van der Waals surface area contributed by atoms with Crippen LogP contribution in [0, 0.1) is 5.92 Å². The number of rotatable bonds is 3. The Labute approximate surface area is 137 Å². The molecule has 0 aliphatic carbocycles. The summed E-state index contributed by atoms with van der Waals surface area (Å²) in [5, 5.41) is 0. The van der Waals surface area contributed by atoms with E-state index in [2.05, 4.69) is 13.8 Å². The Bertz CT molecular complexity index is 636. The molecule has 0 radical (unpaired) electrons. The van der Waals surface area contributed by atoms with Gasteiger partial charge >= 0.3 is 0 Å². The number of carbonyl (C=O) groups excluding carboxylic acids is 1. The predicted octanol–water partition coefficient (Wildman–Crippen LogP) is 3.63. The third-order valence-corrected chi connectivity index (χ3v) is 4.69. The van der Waals surface area contributed by atoms with Crippen molar-refractivity contribution >= 4 is 12.0 Å². The smallest absolute Gasteiger partial charge is 0.246 e. The van der Waals surface area contributed by atoms with Gasteiger partial charge in [-0.3, -0.25) is 4.79 Å². The van der Waals surface area contributed by atoms with Crippen LogP contribution in [0.15, 0.2) is 36.4 Å². The average Bonchev–Trinajstić information content (AvgIpc) is 3.01. The zero-order chi connectivity index (χ0) is 16.2. The van der Waals surface area contributed by atoms with E-state index in [1.54, 1.807) is 12.2 Å². The van der Waals surface area contributed by atoms with E-state index in [-0.39, 0.29) is 12.7 Å². The number of allylic oxidation sites excluding steroid dienone is 2. The predicted molar refractivity (Wildman–Crippen MR) is 90.3 cm³/mol. The molecule has 2 aliphatic rings. The molecule has 0 spiro atoms. The van der Waals surface area contributed by atoms with Crippen LogP contribution in [-0.2, 0) is 4.79 Å². The maximum absolute atomic E-state index is 12.3. The first kappa shape index (κ1) is 15.7. The summed E-state index contributed by atoms with van der Waals surface area (Å²) in [6.07, 6.45) is 9.59. The summed E-state index contributed by atoms with van der Waals surface area (Å²) < 4.78 is 10.6. The molecule has 2 atom stereocenters. The van der Waals surface area contributed by atoms with Crippen molar-refractivity contribution in [2.75, 3.05) is 13.3 Å². The van der Waals surface area contributed by atoms with Crippen molar-refractivity contribution in [2.45, 2.75) is 32.7 Å². The summed E-state index contributed by atoms with van der Waals surface area (Å²) in [4.78, 5) is 14.3. The molecular weight excluding hydrogens is 290 g/mol. The molecular formula is C19H23NO3. The Balaban J connectivity index is 1.58. The number of nitrogens with zero attached hydrogens (tertiary/aromatic N) is 1. The summed E-state index contributed by atoms with van der Waals surface area (Å²) in [5.74, 6) is 2.22. The molecule has 4 nitrogen and oxygen atoms in total. The van der Waals surface area contributed by atoms with Crippen molar-refractivity contribution in [3.63, 3.8) is 0 Å². The van der Waals surface area contributed by atoms with Gasteiger partial charge in [0.1, 0.15) is 0 Å². The average molecular weight is 313 g/mol. The van der Waals surface area contributed by atoms with E-state index < -0.39 is 0 Å². The van der Waals surface area contributed by atoms with Crippen LogP contribution in [0.5, 0.6) is 11.5 Å². The lowest BCUT2D eigenvalue weighted by Gasteiger charge is -2.37. The van der Waals surface area contributed by atoms with Gasteiger partial charge in [-0.2, -0.15) is 0 Å². The number of ether oxygens (including phenoxy) is 2. The normalized spacial score (nSPS) is 23.8. The van der Waals surface area contributed by atoms with Crippen LogP contribution in [-0.4, -0.2) is 30.2 Å². The van der Waals surface area contributed by atoms with Crippen LogP contribution in [0.4, 0.5) is 0 Å². The zero-order valence-corrected chi connectivity index (χ0v) is 13.7. The summed E-state index contributed by atoms with van der Waals surface area (Å²) in [6, 6.07) is 6.11. The summed E-state index contributed by atoms with van der Waals surface area (Å²) >= 11 is 0. The van der Waals surface area contributed by atoms with E-state index in [9.17, 15) is 4.79 Å². The summed E-state index contributed by atoms with van der Waals surface area (Å²) in [7, 11) is 0. The van der Waals surface area contributed by atoms with Crippen LogP contribution in [0.3, 0.4) is 0 Å². The molecule has 1 aromatic rings. The molecule has 0 saturated carbocycles. The lowest BCUT2D eigenvalue weighted by molar-refractivity contribution is -0.130. The molecule has 1 aromatic carbocycles. The fourth-order valence-electron chi connectivity index (χ4n) is 3.06. The highest BCUT2D eigenvalue weighted by Gasteiger charge is 2.26. The number of hydrogen-bond donors (Lipinski definition) is 0. The fraction of sp³-hybridized carbons (Fsp3) is 0.421. The van der Waals surface area contributed by atoms with Crippen LogP contribution in [0.25, 0.3) is 6.08 Å². The van der Waals surface area contributed by atoms with E-state index in [4.69, 9.17) is 9.47 Å². The highest BCUT2D eigenvalue weighted by Crippen LogP contribution is 2.32. The third-order valence-electron chi connectivity index (χ3n) is 4.69. The minimum atomic E-state index is 0.0967. The molecule has 23 heavy (non-hydrogen) atoms. The fourth-order valence-corrected chi connectivity index (χ4v) is 3.06. The van der Waals surface area contributed by atoms with Gasteiger partial charge in [-0.05, 0) is 43.4 Å². The van der Waals surface area contributed by atoms with Crippen LogP contribution >= 0.6 is 0 Å². The number of benzene rings is 1. The second-order valence-corrected chi connectivity index (χ2v) is 6.22. The molecule has 0 aromatic heterocycles. The maximum atomic E-state index is 12.3. The quantitative estimate of drug-likeness (QED) is 0.632. The highest BCUT2D eigenvalue weighted by atomic mass is 16.7. The molecule has 0 N–H and O–H groups in total. The monoisotopic (exact) mass is 313 g/mol. The van der Waals surface area contributed by atoms with Crippen molar-refractivity contribution in [3.8, 4) is 11.5 Å². The molecule has 122 valence electrons. The minimum absolute atomic E-state index is 0.0967. The van der Waals surface area contributed by atoms with Crippen molar-refractivity contribution in [3.05, 3.63) is 42.0 Å². The number of fused-ring (bicyclic) bond motifs is 1. The van der Waals surface area contributed by atoms with Crippen molar-refractivity contribution < 1.29 is 14.3 Å². The van der Waals surface area contributed by atoms with E-state index >= 15 is 0 Å². The topological polar surface area (TPSA) is 38.8 Å². The first-order chi connectivity index (χ1) is 11.1. The van der Waals surface area contributed by atoms with Gasteiger partial charge in [0.15, 0.2) is 11.5 Å². The maximum Gasteiger partial charge on any atom is 0.246 e. The first-order valence-electron chi connectivity index (χ1n) is 8.20. The Kier molecular flexibility index (Phi) is 4.70.